The SMILES string of the molecule is CCOc1cc(C)c(CCCC(=O)Cl)cc1C. The first-order valence-corrected chi connectivity index (χ1v) is 6.33. The number of ether oxygens (including phenoxy) is 1. The van der Waals surface area contributed by atoms with E-state index in [1.54, 1.807) is 0 Å². The molecule has 2 nitrogen and oxygen atoms in total. The van der Waals surface area contributed by atoms with Crippen molar-refractivity contribution in [1.82, 2.24) is 0 Å². The minimum absolute atomic E-state index is 0.259. The number of hydrogen-bond donors (Lipinski definition) is 0. The lowest BCUT2D eigenvalue weighted by Gasteiger charge is -2.12. The quantitative estimate of drug-likeness (QED) is 0.722. The molecule has 1 aromatic rings. The van der Waals surface area contributed by atoms with Crippen molar-refractivity contribution in [2.75, 3.05) is 6.61 Å². The smallest absolute Gasteiger partial charge is 0.221 e. The van der Waals surface area contributed by atoms with Gasteiger partial charge in [0.25, 0.3) is 0 Å². The molecule has 0 heterocycles. The molecular weight excluding hydrogens is 236 g/mol. The van der Waals surface area contributed by atoms with Crippen LogP contribution in [0, 0.1) is 13.8 Å². The van der Waals surface area contributed by atoms with E-state index in [-0.39, 0.29) is 5.24 Å². The van der Waals surface area contributed by atoms with E-state index >= 15 is 0 Å². The summed E-state index contributed by atoms with van der Waals surface area (Å²) in [5.74, 6) is 0.946. The molecule has 1 aromatic carbocycles. The molecule has 0 bridgehead atoms. The monoisotopic (exact) mass is 254 g/mol. The van der Waals surface area contributed by atoms with Gasteiger partial charge in [-0.2, -0.15) is 0 Å². The molecule has 0 radical (unpaired) electrons. The molecule has 0 fully saturated rings. The van der Waals surface area contributed by atoms with Gasteiger partial charge in [0, 0.05) is 6.42 Å². The number of benzene rings is 1. The first-order chi connectivity index (χ1) is 8.04. The number of rotatable bonds is 6. The highest BCUT2D eigenvalue weighted by Crippen LogP contribution is 2.24. The van der Waals surface area contributed by atoms with Gasteiger partial charge in [0.2, 0.25) is 5.24 Å². The fourth-order valence-corrected chi connectivity index (χ4v) is 1.98. The van der Waals surface area contributed by atoms with E-state index in [0.717, 1.165) is 24.2 Å². The molecule has 0 aliphatic carbocycles. The predicted molar refractivity (Wildman–Crippen MR) is 70.9 cm³/mol. The van der Waals surface area contributed by atoms with Gasteiger partial charge in [-0.15, -0.1) is 0 Å². The van der Waals surface area contributed by atoms with Crippen LogP contribution in [-0.2, 0) is 11.2 Å². The predicted octanol–water partition coefficient (Wildman–Crippen LogP) is 3.79. The number of carbonyl (C=O) groups excluding carboxylic acids is 1. The van der Waals surface area contributed by atoms with Crippen LogP contribution in [0.25, 0.3) is 0 Å². The highest BCUT2D eigenvalue weighted by atomic mass is 35.5. The molecule has 3 heteroatoms. The zero-order valence-corrected chi connectivity index (χ0v) is 11.4. The Kier molecular flexibility index (Phi) is 5.49. The Balaban J connectivity index is 2.73. The minimum atomic E-state index is -0.259. The van der Waals surface area contributed by atoms with Crippen LogP contribution < -0.4 is 4.74 Å². The lowest BCUT2D eigenvalue weighted by Crippen LogP contribution is -1.98. The summed E-state index contributed by atoms with van der Waals surface area (Å²) in [6, 6.07) is 4.20. The van der Waals surface area contributed by atoms with E-state index in [4.69, 9.17) is 16.3 Å². The zero-order chi connectivity index (χ0) is 12.8. The Morgan fingerprint density at radius 2 is 2.00 bits per heavy atom. The third-order valence-electron chi connectivity index (χ3n) is 2.75. The second-order valence-corrected chi connectivity index (χ2v) is 4.61. The number of halogens is 1. The average molecular weight is 255 g/mol. The molecule has 0 spiro atoms. The standard InChI is InChI=1S/C14H19ClO2/c1-4-17-13-9-10(2)12(8-11(13)3)6-5-7-14(15)16/h8-9H,4-7H2,1-3H3. The fraction of sp³-hybridized carbons (Fsp3) is 0.500. The van der Waals surface area contributed by atoms with E-state index in [1.807, 2.05) is 13.8 Å². The third-order valence-corrected chi connectivity index (χ3v) is 2.94. The summed E-state index contributed by atoms with van der Waals surface area (Å²) >= 11 is 5.32. The van der Waals surface area contributed by atoms with E-state index in [0.29, 0.717) is 13.0 Å². The summed E-state index contributed by atoms with van der Waals surface area (Å²) in [4.78, 5) is 10.7. The van der Waals surface area contributed by atoms with Crippen molar-refractivity contribution >= 4 is 16.8 Å². The fourth-order valence-electron chi connectivity index (χ4n) is 1.85. The first-order valence-electron chi connectivity index (χ1n) is 5.95. The Morgan fingerprint density at radius 1 is 1.29 bits per heavy atom. The molecule has 1 rings (SSSR count). The maximum Gasteiger partial charge on any atom is 0.221 e. The van der Waals surface area contributed by atoms with Gasteiger partial charge in [-0.3, -0.25) is 4.79 Å². The van der Waals surface area contributed by atoms with Gasteiger partial charge in [-0.25, -0.2) is 0 Å². The summed E-state index contributed by atoms with van der Waals surface area (Å²) in [5, 5.41) is -0.259. The summed E-state index contributed by atoms with van der Waals surface area (Å²) in [7, 11) is 0. The molecule has 94 valence electrons. The first kappa shape index (κ1) is 14.0. The van der Waals surface area contributed by atoms with Crippen molar-refractivity contribution in [3.05, 3.63) is 28.8 Å². The topological polar surface area (TPSA) is 26.3 Å². The second kappa shape index (κ2) is 6.65. The van der Waals surface area contributed by atoms with Crippen LogP contribution in [0.5, 0.6) is 5.75 Å². The van der Waals surface area contributed by atoms with Crippen molar-refractivity contribution in [3.63, 3.8) is 0 Å². The van der Waals surface area contributed by atoms with Gasteiger partial charge in [0.15, 0.2) is 0 Å². The molecule has 0 saturated heterocycles. The van der Waals surface area contributed by atoms with E-state index in [9.17, 15) is 4.79 Å². The molecule has 0 saturated carbocycles. The third kappa shape index (κ3) is 4.39. The van der Waals surface area contributed by atoms with E-state index in [1.165, 1.54) is 11.1 Å². The molecule has 0 amide bonds. The average Bonchev–Trinajstić information content (AvgIpc) is 2.24. The lowest BCUT2D eigenvalue weighted by molar-refractivity contribution is -0.111. The second-order valence-electron chi connectivity index (χ2n) is 4.19. The highest BCUT2D eigenvalue weighted by molar-refractivity contribution is 6.63. The van der Waals surface area contributed by atoms with Gasteiger partial charge in [-0.1, -0.05) is 6.07 Å². The van der Waals surface area contributed by atoms with E-state index < -0.39 is 0 Å². The summed E-state index contributed by atoms with van der Waals surface area (Å²) < 4.78 is 5.54. The van der Waals surface area contributed by atoms with Crippen molar-refractivity contribution in [1.29, 1.82) is 0 Å². The summed E-state index contributed by atoms with van der Waals surface area (Å²) in [6.45, 7) is 6.77. The van der Waals surface area contributed by atoms with Crippen LogP contribution >= 0.6 is 11.6 Å². The Labute approximate surface area is 108 Å². The molecule has 0 aliphatic heterocycles. The maximum atomic E-state index is 10.7. The molecule has 17 heavy (non-hydrogen) atoms. The van der Waals surface area contributed by atoms with Crippen molar-refractivity contribution in [2.45, 2.75) is 40.0 Å². The normalized spacial score (nSPS) is 10.4. The number of carbonyl (C=O) groups is 1. The summed E-state index contributed by atoms with van der Waals surface area (Å²) in [5.41, 5.74) is 3.62. The van der Waals surface area contributed by atoms with E-state index in [2.05, 4.69) is 19.1 Å². The number of hydrogen-bond acceptors (Lipinski definition) is 2. The largest absolute Gasteiger partial charge is 0.494 e. The van der Waals surface area contributed by atoms with Crippen molar-refractivity contribution in [3.8, 4) is 5.75 Å². The lowest BCUT2D eigenvalue weighted by atomic mass is 10.00. The van der Waals surface area contributed by atoms with Crippen molar-refractivity contribution < 1.29 is 9.53 Å². The maximum absolute atomic E-state index is 10.7. The Hall–Kier alpha value is -1.02. The number of aryl methyl sites for hydroxylation is 3. The van der Waals surface area contributed by atoms with Gasteiger partial charge in [-0.05, 0) is 68.0 Å². The molecule has 0 aromatic heterocycles. The molecule has 0 N–H and O–H groups in total. The van der Waals surface area contributed by atoms with Crippen LogP contribution in [0.4, 0.5) is 0 Å². The Morgan fingerprint density at radius 3 is 2.59 bits per heavy atom. The van der Waals surface area contributed by atoms with Crippen molar-refractivity contribution in [2.24, 2.45) is 0 Å². The molecule has 0 atom stereocenters. The zero-order valence-electron chi connectivity index (χ0n) is 10.7. The minimum Gasteiger partial charge on any atom is -0.494 e. The van der Waals surface area contributed by atoms with Crippen LogP contribution in [0.15, 0.2) is 12.1 Å². The van der Waals surface area contributed by atoms with Crippen LogP contribution in [-0.4, -0.2) is 11.8 Å². The molecule has 0 aliphatic rings. The van der Waals surface area contributed by atoms with Crippen LogP contribution in [0.2, 0.25) is 0 Å². The molecular formula is C14H19ClO2. The molecule has 0 unspecified atom stereocenters. The van der Waals surface area contributed by atoms with Crippen LogP contribution in [0.1, 0.15) is 36.5 Å². The van der Waals surface area contributed by atoms with Gasteiger partial charge in [0.1, 0.15) is 5.75 Å². The van der Waals surface area contributed by atoms with Gasteiger partial charge in [0.05, 0.1) is 6.61 Å². The Bertz CT molecular complexity index is 399. The van der Waals surface area contributed by atoms with Gasteiger partial charge < -0.3 is 4.74 Å². The van der Waals surface area contributed by atoms with Crippen LogP contribution in [0.3, 0.4) is 0 Å². The highest BCUT2D eigenvalue weighted by Gasteiger charge is 2.06. The van der Waals surface area contributed by atoms with Gasteiger partial charge >= 0.3 is 0 Å². The summed E-state index contributed by atoms with van der Waals surface area (Å²) in [6.07, 6.45) is 2.13.